The van der Waals surface area contributed by atoms with Gasteiger partial charge in [0, 0.05) is 18.8 Å². The number of carbonyl (C=O) groups excluding carboxylic acids is 1. The predicted octanol–water partition coefficient (Wildman–Crippen LogP) is 2.43. The summed E-state index contributed by atoms with van der Waals surface area (Å²) in [6.45, 7) is 7.91. The fourth-order valence-corrected chi connectivity index (χ4v) is 1.24. The van der Waals surface area contributed by atoms with E-state index in [2.05, 4.69) is 6.58 Å². The lowest BCUT2D eigenvalue weighted by atomic mass is 10.1. The van der Waals surface area contributed by atoms with Crippen molar-refractivity contribution in [3.63, 3.8) is 0 Å². The lowest BCUT2D eigenvalue weighted by Gasteiger charge is -2.15. The Morgan fingerprint density at radius 2 is 1.74 bits per heavy atom. The molecule has 0 spiro atoms. The number of aliphatic hydroxyl groups excluding tert-OH is 1. The molecule has 0 atom stereocenters. The summed E-state index contributed by atoms with van der Waals surface area (Å²) in [4.78, 5) is 11.9. The summed E-state index contributed by atoms with van der Waals surface area (Å²) in [7, 11) is 0. The van der Waals surface area contributed by atoms with Crippen LogP contribution in [0, 0.1) is 0 Å². The van der Waals surface area contributed by atoms with Gasteiger partial charge in [-0.25, -0.2) is 0 Å². The lowest BCUT2D eigenvalue weighted by molar-refractivity contribution is -0.107. The molecule has 0 saturated heterocycles. The van der Waals surface area contributed by atoms with Crippen LogP contribution < -0.4 is 0 Å². The molecule has 0 aliphatic heterocycles. The van der Waals surface area contributed by atoms with Gasteiger partial charge in [-0.05, 0) is 13.8 Å². The summed E-state index contributed by atoms with van der Waals surface area (Å²) in [5, 5.41) is 7.76. The number of carbonyl (C=O) groups is 1. The van der Waals surface area contributed by atoms with Gasteiger partial charge in [0.05, 0.1) is 6.61 Å². The first-order valence-corrected chi connectivity index (χ1v) is 6.25. The Morgan fingerprint density at radius 1 is 1.26 bits per heavy atom. The quantitative estimate of drug-likeness (QED) is 0.468. The smallest absolute Gasteiger partial charge is 0.222 e. The topological polar surface area (TPSA) is 55.8 Å². The van der Waals surface area contributed by atoms with Crippen LogP contribution in [0.3, 0.4) is 0 Å². The van der Waals surface area contributed by atoms with Crippen molar-refractivity contribution in [1.29, 1.82) is 0 Å². The molecule has 0 amide bonds. The van der Waals surface area contributed by atoms with E-state index in [0.29, 0.717) is 18.8 Å². The van der Waals surface area contributed by atoms with Gasteiger partial charge in [0.1, 0.15) is 0 Å². The standard InChI is InChI=1S/C12H16O3.C3H6O/c1-3-14-12(15-4-2)11(13)10-8-6-5-7-9-10;1-2-3-4/h5-9,12H,3-4H2,1-2H3;2,4H,1,3H2. The van der Waals surface area contributed by atoms with E-state index in [1.165, 1.54) is 6.08 Å². The van der Waals surface area contributed by atoms with Crippen LogP contribution in [0.5, 0.6) is 0 Å². The first-order chi connectivity index (χ1) is 9.21. The molecule has 0 saturated carbocycles. The SMILES string of the molecule is C=CCO.CCOC(OCC)C(=O)c1ccccc1. The Labute approximate surface area is 114 Å². The van der Waals surface area contributed by atoms with Crippen LogP contribution >= 0.6 is 0 Å². The number of hydrogen-bond donors (Lipinski definition) is 1. The summed E-state index contributed by atoms with van der Waals surface area (Å²) >= 11 is 0. The Morgan fingerprint density at radius 3 is 2.11 bits per heavy atom. The third-order valence-corrected chi connectivity index (χ3v) is 2.04. The molecule has 1 aromatic carbocycles. The number of rotatable bonds is 7. The predicted molar refractivity (Wildman–Crippen MR) is 75.1 cm³/mol. The summed E-state index contributed by atoms with van der Waals surface area (Å²) in [5.74, 6) is -0.126. The maximum atomic E-state index is 11.9. The zero-order valence-corrected chi connectivity index (χ0v) is 11.5. The molecule has 4 heteroatoms. The minimum atomic E-state index is -0.776. The number of Topliss-reactive ketones (excluding diaryl/α,β-unsaturated/α-hetero) is 1. The van der Waals surface area contributed by atoms with Crippen molar-refractivity contribution in [1.82, 2.24) is 0 Å². The minimum absolute atomic E-state index is 0.0833. The summed E-state index contributed by atoms with van der Waals surface area (Å²) < 4.78 is 10.5. The van der Waals surface area contributed by atoms with Crippen molar-refractivity contribution < 1.29 is 19.4 Å². The zero-order valence-electron chi connectivity index (χ0n) is 11.5. The van der Waals surface area contributed by atoms with Crippen LogP contribution in [0.4, 0.5) is 0 Å². The Hall–Kier alpha value is -1.49. The molecule has 1 aromatic rings. The number of ether oxygens (including phenoxy) is 2. The van der Waals surface area contributed by atoms with E-state index in [4.69, 9.17) is 14.6 Å². The molecule has 0 aromatic heterocycles. The Bertz CT molecular complexity index is 342. The van der Waals surface area contributed by atoms with Crippen molar-refractivity contribution in [2.24, 2.45) is 0 Å². The maximum absolute atomic E-state index is 11.9. The molecule has 0 bridgehead atoms. The van der Waals surface area contributed by atoms with E-state index in [1.807, 2.05) is 32.0 Å². The minimum Gasteiger partial charge on any atom is -0.392 e. The van der Waals surface area contributed by atoms with Crippen LogP contribution in [-0.2, 0) is 9.47 Å². The van der Waals surface area contributed by atoms with Gasteiger partial charge in [0.15, 0.2) is 0 Å². The summed E-state index contributed by atoms with van der Waals surface area (Å²) in [5.41, 5.74) is 0.615. The molecule has 1 N–H and O–H groups in total. The Kier molecular flexibility index (Phi) is 10.7. The molecule has 106 valence electrons. The molecular weight excluding hydrogens is 244 g/mol. The van der Waals surface area contributed by atoms with E-state index in [9.17, 15) is 4.79 Å². The fraction of sp³-hybridized carbons (Fsp3) is 0.400. The molecule has 1 rings (SSSR count). The van der Waals surface area contributed by atoms with E-state index >= 15 is 0 Å². The third-order valence-electron chi connectivity index (χ3n) is 2.04. The van der Waals surface area contributed by atoms with Gasteiger partial charge < -0.3 is 14.6 Å². The van der Waals surface area contributed by atoms with Gasteiger partial charge in [-0.3, -0.25) is 4.79 Å². The number of benzene rings is 1. The molecule has 0 unspecified atom stereocenters. The van der Waals surface area contributed by atoms with Crippen LogP contribution in [0.15, 0.2) is 43.0 Å². The summed E-state index contributed by atoms with van der Waals surface area (Å²) in [6, 6.07) is 9.03. The highest BCUT2D eigenvalue weighted by Crippen LogP contribution is 2.07. The average molecular weight is 266 g/mol. The molecule has 19 heavy (non-hydrogen) atoms. The normalized spacial score (nSPS) is 9.68. The monoisotopic (exact) mass is 266 g/mol. The average Bonchev–Trinajstić information content (AvgIpc) is 2.47. The highest BCUT2D eigenvalue weighted by atomic mass is 16.7. The molecule has 0 fully saturated rings. The van der Waals surface area contributed by atoms with Gasteiger partial charge in [-0.2, -0.15) is 0 Å². The van der Waals surface area contributed by atoms with Gasteiger partial charge in [-0.15, -0.1) is 6.58 Å². The second-order valence-corrected chi connectivity index (χ2v) is 3.44. The maximum Gasteiger partial charge on any atom is 0.222 e. The first kappa shape index (κ1) is 17.5. The largest absolute Gasteiger partial charge is 0.392 e. The van der Waals surface area contributed by atoms with Crippen LogP contribution in [0.1, 0.15) is 24.2 Å². The summed E-state index contributed by atoms with van der Waals surface area (Å²) in [6.07, 6.45) is 0.655. The van der Waals surface area contributed by atoms with Gasteiger partial charge in [0.2, 0.25) is 12.1 Å². The zero-order chi connectivity index (χ0) is 14.5. The lowest BCUT2D eigenvalue weighted by Crippen LogP contribution is -2.27. The molecule has 0 radical (unpaired) electrons. The van der Waals surface area contributed by atoms with E-state index in [-0.39, 0.29) is 12.4 Å². The van der Waals surface area contributed by atoms with Crippen molar-refractivity contribution >= 4 is 5.78 Å². The van der Waals surface area contributed by atoms with Crippen LogP contribution in [-0.4, -0.2) is 37.0 Å². The number of ketones is 1. The first-order valence-electron chi connectivity index (χ1n) is 6.25. The molecule has 4 nitrogen and oxygen atoms in total. The second kappa shape index (κ2) is 11.6. The van der Waals surface area contributed by atoms with E-state index in [1.54, 1.807) is 12.1 Å². The van der Waals surface area contributed by atoms with Gasteiger partial charge >= 0.3 is 0 Å². The van der Waals surface area contributed by atoms with Crippen molar-refractivity contribution in [2.75, 3.05) is 19.8 Å². The second-order valence-electron chi connectivity index (χ2n) is 3.44. The molecule has 0 aliphatic carbocycles. The van der Waals surface area contributed by atoms with Crippen molar-refractivity contribution in [2.45, 2.75) is 20.1 Å². The highest BCUT2D eigenvalue weighted by Gasteiger charge is 2.19. The third kappa shape index (κ3) is 7.51. The van der Waals surface area contributed by atoms with Crippen molar-refractivity contribution in [3.8, 4) is 0 Å². The van der Waals surface area contributed by atoms with Gasteiger partial charge in [0.25, 0.3) is 0 Å². The van der Waals surface area contributed by atoms with Crippen LogP contribution in [0.25, 0.3) is 0 Å². The van der Waals surface area contributed by atoms with E-state index in [0.717, 1.165) is 0 Å². The fourth-order valence-electron chi connectivity index (χ4n) is 1.24. The van der Waals surface area contributed by atoms with Gasteiger partial charge in [-0.1, -0.05) is 36.4 Å². The highest BCUT2D eigenvalue weighted by molar-refractivity contribution is 5.98. The Balaban J connectivity index is 0.000000711. The molecule has 0 heterocycles. The van der Waals surface area contributed by atoms with Crippen molar-refractivity contribution in [3.05, 3.63) is 48.6 Å². The number of hydrogen-bond acceptors (Lipinski definition) is 4. The van der Waals surface area contributed by atoms with E-state index < -0.39 is 6.29 Å². The molecule has 0 aliphatic rings. The number of aliphatic hydroxyl groups is 1. The van der Waals surface area contributed by atoms with Crippen LogP contribution in [0.2, 0.25) is 0 Å². The molecular formula is C15H22O4.